The summed E-state index contributed by atoms with van der Waals surface area (Å²) in [5.41, 5.74) is 4.05. The van der Waals surface area contributed by atoms with Crippen LogP contribution in [0.3, 0.4) is 0 Å². The molecule has 0 bridgehead atoms. The van der Waals surface area contributed by atoms with Crippen LogP contribution in [0.15, 0.2) is 97.5 Å². The molecule has 2 heterocycles. The molecule has 1 unspecified atom stereocenters. The molecule has 1 atom stereocenters. The predicted octanol–water partition coefficient (Wildman–Crippen LogP) is 5.31. The lowest BCUT2D eigenvalue weighted by Gasteiger charge is -2.41. The van der Waals surface area contributed by atoms with E-state index in [1.165, 1.54) is 0 Å². The van der Waals surface area contributed by atoms with Gasteiger partial charge in [0.1, 0.15) is 18.7 Å². The van der Waals surface area contributed by atoms with Gasteiger partial charge >= 0.3 is 6.03 Å². The number of hydrogen-bond donors (Lipinski definition) is 0. The molecule has 3 aromatic carbocycles. The third-order valence-corrected chi connectivity index (χ3v) is 6.17. The standard InChI is InChI=1S/C28H28N4O2/c1-22-18-30(28(33)31-19-27(29-21-31)24-11-6-3-7-12-24)15-16-32(22)25-13-8-14-26(17-25)34-20-23-9-4-2-5-10-23/h2-14,17,19,21-22H,15-16,18,20H2,1H3. The Hall–Kier alpha value is -4.06. The molecule has 34 heavy (non-hydrogen) atoms. The van der Waals surface area contributed by atoms with Crippen LogP contribution in [0, 0.1) is 0 Å². The zero-order chi connectivity index (χ0) is 23.3. The topological polar surface area (TPSA) is 50.6 Å². The van der Waals surface area contributed by atoms with Crippen molar-refractivity contribution in [3.05, 3.63) is 103 Å². The van der Waals surface area contributed by atoms with E-state index < -0.39 is 0 Å². The van der Waals surface area contributed by atoms with Gasteiger partial charge in [-0.05, 0) is 24.6 Å². The van der Waals surface area contributed by atoms with E-state index in [0.717, 1.165) is 34.8 Å². The molecule has 4 aromatic rings. The van der Waals surface area contributed by atoms with Gasteiger partial charge < -0.3 is 14.5 Å². The fourth-order valence-corrected chi connectivity index (χ4v) is 4.36. The van der Waals surface area contributed by atoms with Crippen molar-refractivity contribution in [2.75, 3.05) is 24.5 Å². The van der Waals surface area contributed by atoms with Crippen molar-refractivity contribution >= 4 is 11.7 Å². The molecular formula is C28H28N4O2. The molecule has 1 saturated heterocycles. The summed E-state index contributed by atoms with van der Waals surface area (Å²) >= 11 is 0. The van der Waals surface area contributed by atoms with Crippen molar-refractivity contribution in [1.82, 2.24) is 14.5 Å². The number of anilines is 1. The zero-order valence-electron chi connectivity index (χ0n) is 19.2. The van der Waals surface area contributed by atoms with Crippen LogP contribution in [0.2, 0.25) is 0 Å². The highest BCUT2D eigenvalue weighted by atomic mass is 16.5. The molecule has 0 spiro atoms. The summed E-state index contributed by atoms with van der Waals surface area (Å²) < 4.78 is 7.60. The van der Waals surface area contributed by atoms with E-state index >= 15 is 0 Å². The Morgan fingerprint density at radius 3 is 2.50 bits per heavy atom. The summed E-state index contributed by atoms with van der Waals surface area (Å²) in [6.07, 6.45) is 3.41. The van der Waals surface area contributed by atoms with E-state index in [4.69, 9.17) is 4.74 Å². The van der Waals surface area contributed by atoms with E-state index in [1.807, 2.05) is 71.8 Å². The maximum Gasteiger partial charge on any atom is 0.329 e. The van der Waals surface area contributed by atoms with Crippen LogP contribution in [-0.2, 0) is 6.61 Å². The van der Waals surface area contributed by atoms with Gasteiger partial charge in [0.25, 0.3) is 0 Å². The number of ether oxygens (including phenoxy) is 1. The molecule has 1 fully saturated rings. The lowest BCUT2D eigenvalue weighted by molar-refractivity contribution is 0.188. The summed E-state index contributed by atoms with van der Waals surface area (Å²) in [5.74, 6) is 0.846. The molecule has 5 rings (SSSR count). The lowest BCUT2D eigenvalue weighted by atomic mass is 10.1. The normalized spacial score (nSPS) is 15.9. The highest BCUT2D eigenvalue weighted by molar-refractivity contribution is 5.78. The van der Waals surface area contributed by atoms with Gasteiger partial charge in [-0.25, -0.2) is 9.78 Å². The predicted molar refractivity (Wildman–Crippen MR) is 134 cm³/mol. The van der Waals surface area contributed by atoms with E-state index in [2.05, 4.69) is 41.1 Å². The van der Waals surface area contributed by atoms with Crippen molar-refractivity contribution in [2.24, 2.45) is 0 Å². The Labute approximate surface area is 200 Å². The average Bonchev–Trinajstić information content (AvgIpc) is 3.39. The molecule has 1 amide bonds. The first-order valence-corrected chi connectivity index (χ1v) is 11.6. The van der Waals surface area contributed by atoms with Crippen molar-refractivity contribution < 1.29 is 9.53 Å². The maximum absolute atomic E-state index is 13.1. The fraction of sp³-hybridized carbons (Fsp3) is 0.214. The van der Waals surface area contributed by atoms with Crippen molar-refractivity contribution in [1.29, 1.82) is 0 Å². The van der Waals surface area contributed by atoms with Gasteiger partial charge in [0.15, 0.2) is 0 Å². The van der Waals surface area contributed by atoms with Gasteiger partial charge in [0, 0.05) is 49.2 Å². The number of hydrogen-bond acceptors (Lipinski definition) is 4. The Morgan fingerprint density at radius 1 is 0.971 bits per heavy atom. The third kappa shape index (κ3) is 4.81. The minimum absolute atomic E-state index is 0.0406. The average molecular weight is 453 g/mol. The number of nitrogens with zero attached hydrogens (tertiary/aromatic N) is 4. The summed E-state index contributed by atoms with van der Waals surface area (Å²) in [4.78, 5) is 21.8. The summed E-state index contributed by atoms with van der Waals surface area (Å²) in [7, 11) is 0. The molecule has 0 saturated carbocycles. The molecule has 172 valence electrons. The van der Waals surface area contributed by atoms with Crippen molar-refractivity contribution in [2.45, 2.75) is 19.6 Å². The smallest absolute Gasteiger partial charge is 0.329 e. The van der Waals surface area contributed by atoms with Crippen LogP contribution < -0.4 is 9.64 Å². The monoisotopic (exact) mass is 452 g/mol. The summed E-state index contributed by atoms with van der Waals surface area (Å²) in [6, 6.07) is 28.4. The number of aromatic nitrogens is 2. The molecule has 6 heteroatoms. The molecule has 1 aliphatic heterocycles. The quantitative estimate of drug-likeness (QED) is 0.412. The first kappa shape index (κ1) is 21.8. The zero-order valence-corrected chi connectivity index (χ0v) is 19.2. The summed E-state index contributed by atoms with van der Waals surface area (Å²) in [6.45, 7) is 4.75. The van der Waals surface area contributed by atoms with Gasteiger partial charge in [-0.15, -0.1) is 0 Å². The largest absolute Gasteiger partial charge is 0.489 e. The van der Waals surface area contributed by atoms with Crippen molar-refractivity contribution in [3.8, 4) is 17.0 Å². The van der Waals surface area contributed by atoms with E-state index in [-0.39, 0.29) is 12.1 Å². The van der Waals surface area contributed by atoms with Crippen LogP contribution in [-0.4, -0.2) is 46.2 Å². The van der Waals surface area contributed by atoms with E-state index in [9.17, 15) is 4.79 Å². The highest BCUT2D eigenvalue weighted by Gasteiger charge is 2.28. The molecule has 1 aromatic heterocycles. The minimum Gasteiger partial charge on any atom is -0.489 e. The Kier molecular flexibility index (Phi) is 6.29. The minimum atomic E-state index is -0.0406. The highest BCUT2D eigenvalue weighted by Crippen LogP contribution is 2.26. The number of benzene rings is 3. The number of rotatable bonds is 5. The second-order valence-electron chi connectivity index (χ2n) is 8.57. The maximum atomic E-state index is 13.1. The lowest BCUT2D eigenvalue weighted by Crippen LogP contribution is -2.54. The Balaban J connectivity index is 1.22. The second kappa shape index (κ2) is 9.83. The van der Waals surface area contributed by atoms with Crippen LogP contribution in [0.1, 0.15) is 12.5 Å². The van der Waals surface area contributed by atoms with Crippen LogP contribution in [0.25, 0.3) is 11.3 Å². The first-order valence-electron chi connectivity index (χ1n) is 11.6. The molecule has 6 nitrogen and oxygen atoms in total. The van der Waals surface area contributed by atoms with E-state index in [0.29, 0.717) is 19.7 Å². The number of piperazine rings is 1. The van der Waals surface area contributed by atoms with Crippen LogP contribution >= 0.6 is 0 Å². The van der Waals surface area contributed by atoms with Crippen molar-refractivity contribution in [3.63, 3.8) is 0 Å². The Bertz CT molecular complexity index is 1240. The van der Waals surface area contributed by atoms with Gasteiger partial charge in [-0.3, -0.25) is 4.57 Å². The molecule has 0 N–H and O–H groups in total. The molecular weight excluding hydrogens is 424 g/mol. The number of carbonyl (C=O) groups is 1. The van der Waals surface area contributed by atoms with Gasteiger partial charge in [-0.2, -0.15) is 0 Å². The summed E-state index contributed by atoms with van der Waals surface area (Å²) in [5, 5.41) is 0. The SMILES string of the molecule is CC1CN(C(=O)n2cnc(-c3ccccc3)c2)CCN1c1cccc(OCc2ccccc2)c1. The Morgan fingerprint density at radius 2 is 1.74 bits per heavy atom. The van der Waals surface area contributed by atoms with Gasteiger partial charge in [0.2, 0.25) is 0 Å². The first-order chi connectivity index (χ1) is 16.7. The van der Waals surface area contributed by atoms with Gasteiger partial charge in [-0.1, -0.05) is 66.7 Å². The molecule has 0 aliphatic carbocycles. The fourth-order valence-electron chi connectivity index (χ4n) is 4.36. The number of carbonyl (C=O) groups excluding carboxylic acids is 1. The third-order valence-electron chi connectivity index (χ3n) is 6.17. The number of imidazole rings is 1. The van der Waals surface area contributed by atoms with Gasteiger partial charge in [0.05, 0.1) is 5.69 Å². The number of amides is 1. The molecule has 0 radical (unpaired) electrons. The van der Waals surface area contributed by atoms with E-state index in [1.54, 1.807) is 10.9 Å². The van der Waals surface area contributed by atoms with Crippen LogP contribution in [0.4, 0.5) is 10.5 Å². The molecule has 1 aliphatic rings. The second-order valence-corrected chi connectivity index (χ2v) is 8.57. The van der Waals surface area contributed by atoms with Crippen LogP contribution in [0.5, 0.6) is 5.75 Å².